The van der Waals surface area contributed by atoms with Gasteiger partial charge in [0.15, 0.2) is 0 Å². The largest absolute Gasteiger partial charge is 0.396 e. The second-order valence-electron chi connectivity index (χ2n) is 5.58. The molecule has 2 aromatic carbocycles. The summed E-state index contributed by atoms with van der Waals surface area (Å²) in [5.74, 6) is 0.231. The van der Waals surface area contributed by atoms with Crippen LogP contribution in [0.25, 0.3) is 0 Å². The molecule has 1 N–H and O–H groups in total. The normalized spacial score (nSPS) is 12.4. The van der Waals surface area contributed by atoms with E-state index in [1.54, 1.807) is 0 Å². The van der Waals surface area contributed by atoms with Crippen molar-refractivity contribution in [3.63, 3.8) is 0 Å². The maximum atomic E-state index is 9.62. The van der Waals surface area contributed by atoms with Crippen molar-refractivity contribution in [2.24, 2.45) is 5.92 Å². The Morgan fingerprint density at radius 3 is 2.20 bits per heavy atom. The van der Waals surface area contributed by atoms with E-state index in [4.69, 9.17) is 11.6 Å². The molecule has 2 heteroatoms. The second-order valence-corrected chi connectivity index (χ2v) is 6.02. The van der Waals surface area contributed by atoms with Crippen molar-refractivity contribution in [1.29, 1.82) is 0 Å². The first-order valence-electron chi connectivity index (χ1n) is 6.99. The molecule has 0 fully saturated rings. The average molecular weight is 289 g/mol. The molecule has 0 aliphatic carbocycles. The number of aliphatic hydroxyl groups is 1. The first-order chi connectivity index (χ1) is 9.56. The Hall–Kier alpha value is -1.31. The van der Waals surface area contributed by atoms with Gasteiger partial charge in [-0.25, -0.2) is 0 Å². The summed E-state index contributed by atoms with van der Waals surface area (Å²) in [6, 6.07) is 14.5. The summed E-state index contributed by atoms with van der Waals surface area (Å²) >= 11 is 6.01. The van der Waals surface area contributed by atoms with Crippen molar-refractivity contribution in [3.8, 4) is 0 Å². The third-order valence-electron chi connectivity index (χ3n) is 3.48. The molecule has 1 atom stereocenters. The fourth-order valence-electron chi connectivity index (χ4n) is 2.72. The van der Waals surface area contributed by atoms with Crippen LogP contribution in [0, 0.1) is 19.8 Å². The third-order valence-corrected chi connectivity index (χ3v) is 3.71. The average Bonchev–Trinajstić information content (AvgIpc) is 2.36. The van der Waals surface area contributed by atoms with Gasteiger partial charge >= 0.3 is 0 Å². The van der Waals surface area contributed by atoms with Crippen LogP contribution in [0.3, 0.4) is 0 Å². The van der Waals surface area contributed by atoms with E-state index in [0.29, 0.717) is 0 Å². The Balaban J connectivity index is 2.09. The fraction of sp³-hybridized carbons (Fsp3) is 0.333. The first-order valence-corrected chi connectivity index (χ1v) is 7.37. The molecular formula is C18H21ClO. The highest BCUT2D eigenvalue weighted by Gasteiger charge is 2.10. The van der Waals surface area contributed by atoms with Crippen molar-refractivity contribution in [3.05, 3.63) is 69.7 Å². The Kier molecular flexibility index (Phi) is 5.22. The van der Waals surface area contributed by atoms with Gasteiger partial charge < -0.3 is 5.11 Å². The molecule has 0 bridgehead atoms. The molecule has 2 rings (SSSR count). The summed E-state index contributed by atoms with van der Waals surface area (Å²) < 4.78 is 0. The van der Waals surface area contributed by atoms with Gasteiger partial charge in [0.1, 0.15) is 0 Å². The number of aryl methyl sites for hydroxylation is 2. The Morgan fingerprint density at radius 2 is 1.60 bits per heavy atom. The van der Waals surface area contributed by atoms with Crippen LogP contribution in [-0.4, -0.2) is 11.7 Å². The molecule has 2 aromatic rings. The summed E-state index contributed by atoms with van der Waals surface area (Å²) in [5.41, 5.74) is 5.03. The van der Waals surface area contributed by atoms with Crippen LogP contribution in [0.1, 0.15) is 22.3 Å². The molecule has 0 aliphatic rings. The molecule has 0 radical (unpaired) electrons. The Labute approximate surface area is 126 Å². The molecule has 0 aromatic heterocycles. The van der Waals surface area contributed by atoms with Gasteiger partial charge in [0, 0.05) is 11.6 Å². The molecule has 0 heterocycles. The first kappa shape index (κ1) is 15.1. The number of hydrogen-bond acceptors (Lipinski definition) is 1. The molecule has 1 unspecified atom stereocenters. The molecule has 0 spiro atoms. The van der Waals surface area contributed by atoms with Gasteiger partial charge in [-0.3, -0.25) is 0 Å². The topological polar surface area (TPSA) is 20.2 Å². The molecular weight excluding hydrogens is 268 g/mol. The number of halogens is 1. The highest BCUT2D eigenvalue weighted by molar-refractivity contribution is 6.30. The highest BCUT2D eigenvalue weighted by Crippen LogP contribution is 2.19. The number of rotatable bonds is 5. The predicted molar refractivity (Wildman–Crippen MR) is 85.4 cm³/mol. The van der Waals surface area contributed by atoms with E-state index >= 15 is 0 Å². The van der Waals surface area contributed by atoms with Crippen LogP contribution >= 0.6 is 11.6 Å². The van der Waals surface area contributed by atoms with Gasteiger partial charge in [-0.1, -0.05) is 53.1 Å². The summed E-state index contributed by atoms with van der Waals surface area (Å²) in [7, 11) is 0. The molecule has 0 amide bonds. The van der Waals surface area contributed by atoms with Crippen LogP contribution in [0.4, 0.5) is 0 Å². The van der Waals surface area contributed by atoms with E-state index in [-0.39, 0.29) is 12.5 Å². The monoisotopic (exact) mass is 288 g/mol. The van der Waals surface area contributed by atoms with E-state index in [1.807, 2.05) is 18.2 Å². The summed E-state index contributed by atoms with van der Waals surface area (Å²) in [5, 5.41) is 10.4. The number of benzene rings is 2. The minimum Gasteiger partial charge on any atom is -0.396 e. The summed E-state index contributed by atoms with van der Waals surface area (Å²) in [6.45, 7) is 4.42. The zero-order valence-corrected chi connectivity index (χ0v) is 12.8. The van der Waals surface area contributed by atoms with Crippen LogP contribution in [0.15, 0.2) is 42.5 Å². The van der Waals surface area contributed by atoms with Crippen molar-refractivity contribution >= 4 is 11.6 Å². The molecule has 106 valence electrons. The minimum atomic E-state index is 0.194. The van der Waals surface area contributed by atoms with Gasteiger partial charge in [0.25, 0.3) is 0 Å². The fourth-order valence-corrected chi connectivity index (χ4v) is 2.93. The van der Waals surface area contributed by atoms with Gasteiger partial charge in [0.05, 0.1) is 0 Å². The van der Waals surface area contributed by atoms with Gasteiger partial charge in [-0.2, -0.15) is 0 Å². The van der Waals surface area contributed by atoms with E-state index in [0.717, 1.165) is 17.9 Å². The zero-order chi connectivity index (χ0) is 14.5. The van der Waals surface area contributed by atoms with E-state index in [9.17, 15) is 5.11 Å². The molecule has 20 heavy (non-hydrogen) atoms. The van der Waals surface area contributed by atoms with Crippen LogP contribution in [0.2, 0.25) is 5.02 Å². The zero-order valence-electron chi connectivity index (χ0n) is 12.1. The Morgan fingerprint density at radius 1 is 0.950 bits per heavy atom. The van der Waals surface area contributed by atoms with Gasteiger partial charge in [0.2, 0.25) is 0 Å². The maximum Gasteiger partial charge on any atom is 0.0465 e. The lowest BCUT2D eigenvalue weighted by molar-refractivity contribution is 0.225. The minimum absolute atomic E-state index is 0.194. The smallest absolute Gasteiger partial charge is 0.0465 e. The van der Waals surface area contributed by atoms with Crippen LogP contribution < -0.4 is 0 Å². The summed E-state index contributed by atoms with van der Waals surface area (Å²) in [4.78, 5) is 0. The van der Waals surface area contributed by atoms with Crippen molar-refractivity contribution in [1.82, 2.24) is 0 Å². The van der Waals surface area contributed by atoms with Crippen LogP contribution in [-0.2, 0) is 12.8 Å². The van der Waals surface area contributed by atoms with Crippen molar-refractivity contribution < 1.29 is 5.11 Å². The lowest BCUT2D eigenvalue weighted by Gasteiger charge is -2.15. The molecule has 0 saturated carbocycles. The second kappa shape index (κ2) is 6.92. The SMILES string of the molecule is Cc1cc(C)cc(CC(CO)Cc2cccc(Cl)c2)c1. The number of aliphatic hydroxyl groups excluding tert-OH is 1. The van der Waals surface area contributed by atoms with E-state index in [2.05, 4.69) is 38.1 Å². The predicted octanol–water partition coefficient (Wildman–Crippen LogP) is 4.35. The molecule has 0 aliphatic heterocycles. The standard InChI is InChI=1S/C18H21ClO/c1-13-6-14(2)8-16(7-13)10-17(12-20)9-15-4-3-5-18(19)11-15/h3-8,11,17,20H,9-10,12H2,1-2H3. The molecule has 0 saturated heterocycles. The van der Waals surface area contributed by atoms with Crippen molar-refractivity contribution in [2.45, 2.75) is 26.7 Å². The van der Waals surface area contributed by atoms with E-state index in [1.165, 1.54) is 22.3 Å². The number of hydrogen-bond donors (Lipinski definition) is 1. The van der Waals surface area contributed by atoms with Gasteiger partial charge in [-0.15, -0.1) is 0 Å². The lowest BCUT2D eigenvalue weighted by Crippen LogP contribution is -2.13. The maximum absolute atomic E-state index is 9.62. The van der Waals surface area contributed by atoms with Crippen molar-refractivity contribution in [2.75, 3.05) is 6.61 Å². The highest BCUT2D eigenvalue weighted by atomic mass is 35.5. The van der Waals surface area contributed by atoms with Crippen LogP contribution in [0.5, 0.6) is 0 Å². The van der Waals surface area contributed by atoms with E-state index < -0.39 is 0 Å². The lowest BCUT2D eigenvalue weighted by atomic mass is 9.92. The van der Waals surface area contributed by atoms with Gasteiger partial charge in [-0.05, 0) is 55.9 Å². The summed E-state index contributed by atoms with van der Waals surface area (Å²) in [6.07, 6.45) is 1.75. The Bertz CT molecular complexity index is 557. The molecule has 1 nitrogen and oxygen atoms in total. The third kappa shape index (κ3) is 4.36. The quantitative estimate of drug-likeness (QED) is 0.867.